The summed E-state index contributed by atoms with van der Waals surface area (Å²) in [4.78, 5) is 6.94. The second kappa shape index (κ2) is 4.67. The maximum atomic E-state index is 4.59. The van der Waals surface area contributed by atoms with E-state index in [1.54, 1.807) is 0 Å². The van der Waals surface area contributed by atoms with Crippen LogP contribution in [0.1, 0.15) is 33.0 Å². The van der Waals surface area contributed by atoms with Crippen molar-refractivity contribution in [2.45, 2.75) is 39.2 Å². The summed E-state index contributed by atoms with van der Waals surface area (Å²) in [6.07, 6.45) is 2.11. The molecule has 0 aliphatic carbocycles. The van der Waals surface area contributed by atoms with Crippen molar-refractivity contribution in [3.63, 3.8) is 0 Å². The fraction of sp³-hybridized carbons (Fsp3) is 0.818. The largest absolute Gasteiger partial charge is 0.344 e. The lowest BCUT2D eigenvalue weighted by Gasteiger charge is -2.38. The van der Waals surface area contributed by atoms with E-state index in [1.165, 1.54) is 11.5 Å². The molecule has 4 nitrogen and oxygen atoms in total. The maximum absolute atomic E-state index is 4.59. The minimum Gasteiger partial charge on any atom is -0.344 e. The molecule has 0 radical (unpaired) electrons. The van der Waals surface area contributed by atoms with Crippen LogP contribution in [-0.2, 0) is 6.42 Å². The highest BCUT2D eigenvalue weighted by Gasteiger charge is 2.27. The van der Waals surface area contributed by atoms with Crippen molar-refractivity contribution in [3.8, 4) is 0 Å². The van der Waals surface area contributed by atoms with Crippen molar-refractivity contribution in [3.05, 3.63) is 5.82 Å². The Morgan fingerprint density at radius 2 is 2.31 bits per heavy atom. The van der Waals surface area contributed by atoms with Crippen molar-refractivity contribution in [2.75, 3.05) is 24.5 Å². The summed E-state index contributed by atoms with van der Waals surface area (Å²) in [6, 6.07) is 0. The Labute approximate surface area is 101 Å². The third kappa shape index (κ3) is 2.71. The molecule has 1 aliphatic heterocycles. The van der Waals surface area contributed by atoms with Gasteiger partial charge in [-0.3, -0.25) is 0 Å². The lowest BCUT2D eigenvalue weighted by atomic mass is 10.0. The standard InChI is InChI=1S/C11H20N4S/c1-4-5-9-13-10(16-14-9)15-7-6-12-11(2,3)8-15/h12H,4-8H2,1-3H3. The Kier molecular flexibility index (Phi) is 3.44. The molecule has 0 bridgehead atoms. The minimum absolute atomic E-state index is 0.175. The van der Waals surface area contributed by atoms with Crippen LogP contribution in [0.5, 0.6) is 0 Å². The molecule has 0 spiro atoms. The Hall–Kier alpha value is -0.680. The number of aromatic nitrogens is 2. The predicted molar refractivity (Wildman–Crippen MR) is 68.2 cm³/mol. The van der Waals surface area contributed by atoms with E-state index in [0.29, 0.717) is 0 Å². The number of nitrogens with one attached hydrogen (secondary N) is 1. The summed E-state index contributed by atoms with van der Waals surface area (Å²) in [7, 11) is 0. The second-order valence-electron chi connectivity index (χ2n) is 4.98. The molecule has 0 saturated carbocycles. The van der Waals surface area contributed by atoms with Gasteiger partial charge >= 0.3 is 0 Å². The predicted octanol–water partition coefficient (Wildman–Crippen LogP) is 1.68. The molecule has 1 saturated heterocycles. The fourth-order valence-electron chi connectivity index (χ4n) is 2.00. The number of nitrogens with zero attached hydrogens (tertiary/aromatic N) is 3. The molecule has 0 amide bonds. The summed E-state index contributed by atoms with van der Waals surface area (Å²) >= 11 is 1.53. The van der Waals surface area contributed by atoms with Gasteiger partial charge in [-0.1, -0.05) is 6.92 Å². The van der Waals surface area contributed by atoms with Crippen molar-refractivity contribution >= 4 is 16.7 Å². The molecule has 2 rings (SSSR count). The minimum atomic E-state index is 0.175. The zero-order valence-electron chi connectivity index (χ0n) is 10.3. The Morgan fingerprint density at radius 3 is 3.00 bits per heavy atom. The zero-order chi connectivity index (χ0) is 11.6. The zero-order valence-corrected chi connectivity index (χ0v) is 11.1. The highest BCUT2D eigenvalue weighted by Crippen LogP contribution is 2.22. The van der Waals surface area contributed by atoms with Gasteiger partial charge in [-0.15, -0.1) is 0 Å². The molecule has 1 aromatic rings. The van der Waals surface area contributed by atoms with Crippen LogP contribution in [0.15, 0.2) is 0 Å². The van der Waals surface area contributed by atoms with Crippen molar-refractivity contribution < 1.29 is 0 Å². The average Bonchev–Trinajstić information content (AvgIpc) is 2.65. The number of aryl methyl sites for hydroxylation is 1. The van der Waals surface area contributed by atoms with Gasteiger partial charge in [0.2, 0.25) is 5.13 Å². The number of hydrogen-bond donors (Lipinski definition) is 1. The second-order valence-corrected chi connectivity index (χ2v) is 5.71. The van der Waals surface area contributed by atoms with Gasteiger partial charge in [0.25, 0.3) is 0 Å². The topological polar surface area (TPSA) is 41.1 Å². The van der Waals surface area contributed by atoms with Crippen molar-refractivity contribution in [2.24, 2.45) is 0 Å². The van der Waals surface area contributed by atoms with Crippen LogP contribution in [0, 0.1) is 0 Å². The van der Waals surface area contributed by atoms with E-state index in [2.05, 4.69) is 40.3 Å². The van der Waals surface area contributed by atoms with Crippen LogP contribution in [0.2, 0.25) is 0 Å². The SMILES string of the molecule is CCCc1nsc(N2CCNC(C)(C)C2)n1. The molecule has 90 valence electrons. The average molecular weight is 240 g/mol. The first-order valence-corrected chi connectivity index (χ1v) is 6.70. The van der Waals surface area contributed by atoms with E-state index in [1.807, 2.05) is 0 Å². The molecule has 1 fully saturated rings. The molecule has 0 aromatic carbocycles. The van der Waals surface area contributed by atoms with Gasteiger partial charge in [-0.2, -0.15) is 4.37 Å². The monoisotopic (exact) mass is 240 g/mol. The van der Waals surface area contributed by atoms with Crippen LogP contribution in [0.4, 0.5) is 5.13 Å². The van der Waals surface area contributed by atoms with Crippen LogP contribution >= 0.6 is 11.5 Å². The fourth-order valence-corrected chi connectivity index (χ4v) is 2.74. The van der Waals surface area contributed by atoms with Crippen molar-refractivity contribution in [1.29, 1.82) is 0 Å². The van der Waals surface area contributed by atoms with Crippen LogP contribution < -0.4 is 10.2 Å². The number of anilines is 1. The van der Waals surface area contributed by atoms with Gasteiger partial charge in [0, 0.05) is 43.1 Å². The highest BCUT2D eigenvalue weighted by atomic mass is 32.1. The summed E-state index contributed by atoms with van der Waals surface area (Å²) in [5.41, 5.74) is 0.175. The van der Waals surface area contributed by atoms with Gasteiger partial charge < -0.3 is 10.2 Å². The van der Waals surface area contributed by atoms with E-state index in [4.69, 9.17) is 0 Å². The normalized spacial score (nSPS) is 20.1. The lowest BCUT2D eigenvalue weighted by molar-refractivity contribution is 0.353. The molecule has 2 heterocycles. The molecule has 1 aromatic heterocycles. The summed E-state index contributed by atoms with van der Waals surface area (Å²) < 4.78 is 4.40. The molecule has 5 heteroatoms. The van der Waals surface area contributed by atoms with Crippen molar-refractivity contribution in [1.82, 2.24) is 14.7 Å². The molecular weight excluding hydrogens is 220 g/mol. The Morgan fingerprint density at radius 1 is 1.50 bits per heavy atom. The van der Waals surface area contributed by atoms with Crippen LogP contribution in [-0.4, -0.2) is 34.5 Å². The van der Waals surface area contributed by atoms with Gasteiger partial charge in [-0.25, -0.2) is 4.98 Å². The van der Waals surface area contributed by atoms with Gasteiger partial charge in [-0.05, 0) is 20.3 Å². The third-order valence-corrected chi connectivity index (χ3v) is 3.59. The molecule has 0 atom stereocenters. The first-order chi connectivity index (χ1) is 7.61. The molecule has 16 heavy (non-hydrogen) atoms. The van der Waals surface area contributed by atoms with Gasteiger partial charge in [0.15, 0.2) is 0 Å². The number of hydrogen-bond acceptors (Lipinski definition) is 5. The quantitative estimate of drug-likeness (QED) is 0.873. The van der Waals surface area contributed by atoms with Crippen LogP contribution in [0.3, 0.4) is 0 Å². The third-order valence-electron chi connectivity index (χ3n) is 2.77. The summed E-state index contributed by atoms with van der Waals surface area (Å²) in [5.74, 6) is 0.999. The number of piperazine rings is 1. The van der Waals surface area contributed by atoms with Crippen LogP contribution in [0.25, 0.3) is 0 Å². The molecule has 1 N–H and O–H groups in total. The Balaban J connectivity index is 2.05. The summed E-state index contributed by atoms with van der Waals surface area (Å²) in [6.45, 7) is 9.68. The maximum Gasteiger partial charge on any atom is 0.205 e. The van der Waals surface area contributed by atoms with Gasteiger partial charge in [0.05, 0.1) is 0 Å². The number of rotatable bonds is 3. The van der Waals surface area contributed by atoms with E-state index in [-0.39, 0.29) is 5.54 Å². The molecule has 0 unspecified atom stereocenters. The summed E-state index contributed by atoms with van der Waals surface area (Å²) in [5, 5.41) is 4.59. The first-order valence-electron chi connectivity index (χ1n) is 5.93. The van der Waals surface area contributed by atoms with E-state index >= 15 is 0 Å². The Bertz CT molecular complexity index is 348. The highest BCUT2D eigenvalue weighted by molar-refractivity contribution is 7.09. The van der Waals surface area contributed by atoms with E-state index in [9.17, 15) is 0 Å². The van der Waals surface area contributed by atoms with E-state index in [0.717, 1.165) is 43.4 Å². The molecule has 1 aliphatic rings. The van der Waals surface area contributed by atoms with Gasteiger partial charge in [0.1, 0.15) is 5.82 Å². The lowest BCUT2D eigenvalue weighted by Crippen LogP contribution is -2.57. The smallest absolute Gasteiger partial charge is 0.205 e. The first kappa shape index (κ1) is 11.8. The molecular formula is C11H20N4S. The van der Waals surface area contributed by atoms with E-state index < -0.39 is 0 Å².